The van der Waals surface area contributed by atoms with Crippen molar-refractivity contribution in [1.82, 2.24) is 0 Å². The van der Waals surface area contributed by atoms with Gasteiger partial charge < -0.3 is 6.92 Å². The molecule has 0 bridgehead atoms. The topological polar surface area (TPSA) is 0 Å². The van der Waals surface area contributed by atoms with Crippen LogP contribution in [0.5, 0.6) is 0 Å². The third kappa shape index (κ3) is 7640. The van der Waals surface area contributed by atoms with E-state index in [1.807, 2.05) is 6.92 Å². The molecule has 0 rings (SSSR count). The van der Waals surface area contributed by atoms with E-state index in [0.717, 1.165) is 6.42 Å². The zero-order valence-electron chi connectivity index (χ0n) is 4.74. The van der Waals surface area contributed by atoms with Crippen molar-refractivity contribution in [2.45, 2.75) is 13.3 Å². The molecule has 7 heavy (non-hydrogen) atoms. The van der Waals surface area contributed by atoms with Crippen LogP contribution >= 0.6 is 0 Å². The fourth-order valence-corrected chi connectivity index (χ4v) is 0. The molecule has 0 unspecified atom stereocenters. The average Bonchev–Trinajstić information content (AvgIpc) is 1.39. The summed E-state index contributed by atoms with van der Waals surface area (Å²) in [6, 6.07) is 0. The Morgan fingerprint density at radius 3 is 1.71 bits per heavy atom. The summed E-state index contributed by atoms with van der Waals surface area (Å²) in [6.45, 7) is 12.0. The van der Waals surface area contributed by atoms with Crippen LogP contribution in [0, 0.1) is 13.8 Å². The molecule has 0 heterocycles. The van der Waals surface area contributed by atoms with E-state index in [1.54, 1.807) is 0 Å². The number of hydrogen-bond acceptors (Lipinski definition) is 0. The maximum Gasteiger partial charge on any atom is 2.00 e. The molecule has 0 aliphatic rings. The fourth-order valence-electron chi connectivity index (χ4n) is 0. The summed E-state index contributed by atoms with van der Waals surface area (Å²) in [5.41, 5.74) is 0. The van der Waals surface area contributed by atoms with Crippen molar-refractivity contribution >= 4 is 0 Å². The van der Waals surface area contributed by atoms with Gasteiger partial charge >= 0.3 is 16.8 Å². The van der Waals surface area contributed by atoms with Crippen LogP contribution < -0.4 is 0 Å². The Kier molecular flexibility index (Phi) is 80.2. The van der Waals surface area contributed by atoms with E-state index in [0.29, 0.717) is 0 Å². The van der Waals surface area contributed by atoms with E-state index in [2.05, 4.69) is 20.4 Å². The summed E-state index contributed by atoms with van der Waals surface area (Å²) >= 11 is 0. The molecule has 0 amide bonds. The molecule has 0 saturated carbocycles. The first-order chi connectivity index (χ1) is 2.83. The number of rotatable bonds is 0. The van der Waals surface area contributed by atoms with Crippen LogP contribution in [0.25, 0.3) is 0 Å². The average molecular weight is 143 g/mol. The molecule has 0 N–H and O–H groups in total. The summed E-state index contributed by atoms with van der Waals surface area (Å²) in [5.74, 6) is 0. The largest absolute Gasteiger partial charge is 2.00 e. The van der Waals surface area contributed by atoms with Gasteiger partial charge in [-0.3, -0.25) is 0 Å². The van der Waals surface area contributed by atoms with Crippen molar-refractivity contribution in [3.63, 3.8) is 0 Å². The summed E-state index contributed by atoms with van der Waals surface area (Å²) < 4.78 is 0. The Bertz CT molecular complexity index is 18.1. The quantitative estimate of drug-likeness (QED) is 0.456. The van der Waals surface area contributed by atoms with E-state index in [4.69, 9.17) is 0 Å². The van der Waals surface area contributed by atoms with E-state index in [-0.39, 0.29) is 16.8 Å². The summed E-state index contributed by atoms with van der Waals surface area (Å²) in [7, 11) is 0. The molecule has 0 aliphatic carbocycles. The third-order valence-corrected chi connectivity index (χ3v) is 0. The van der Waals surface area contributed by atoms with Crippen molar-refractivity contribution in [3.05, 3.63) is 26.5 Å². The Hall–Kier alpha value is 0.116. The molecule has 1 heteroatoms. The molecule has 0 atom stereocenters. The van der Waals surface area contributed by atoms with Gasteiger partial charge in [-0.15, -0.1) is 0 Å². The van der Waals surface area contributed by atoms with Crippen LogP contribution in [0.2, 0.25) is 0 Å². The second-order valence-electron chi connectivity index (χ2n) is 0.789. The van der Waals surface area contributed by atoms with E-state index in [1.165, 1.54) is 6.08 Å². The van der Waals surface area contributed by atoms with Crippen LogP contribution in [-0.4, -0.2) is 0 Å². The van der Waals surface area contributed by atoms with Gasteiger partial charge in [0.05, 0.1) is 0 Å². The van der Waals surface area contributed by atoms with E-state index in [9.17, 15) is 0 Å². The third-order valence-electron chi connectivity index (χ3n) is 0. The number of allylic oxidation sites excluding steroid dienone is 1. The second kappa shape index (κ2) is 35.7. The second-order valence-corrected chi connectivity index (χ2v) is 0.789. The molecule has 0 aromatic rings. The van der Waals surface area contributed by atoms with Gasteiger partial charge in [-0.05, 0) is 0 Å². The van der Waals surface area contributed by atoms with E-state index >= 15 is 0 Å². The van der Waals surface area contributed by atoms with Gasteiger partial charge in [0.2, 0.25) is 0 Å². The maximum absolute atomic E-state index is 3.49. The van der Waals surface area contributed by atoms with Gasteiger partial charge in [-0.25, -0.2) is 19.6 Å². The van der Waals surface area contributed by atoms with Gasteiger partial charge in [0.25, 0.3) is 0 Å². The molecule has 45 valence electrons. The Balaban J connectivity index is -0.0000000400. The minimum Gasteiger partial charge on any atom is -0.344 e. The zero-order valence-corrected chi connectivity index (χ0v) is 5.78. The smallest absolute Gasteiger partial charge is 0.344 e. The number of hydrogen-bond donors (Lipinski definition) is 0. The molecular weight excluding hydrogens is 131 g/mol. The fraction of sp³-hybridized carbons (Fsp3) is 0.333. The standard InChI is InChI=1S/C3H7.C3H5.Co/c2*1-3-2;/h1,3H2,2H3;3H,1-2H2;/q2*-1;+2. The van der Waals surface area contributed by atoms with Crippen molar-refractivity contribution < 1.29 is 16.8 Å². The molecule has 0 aromatic carbocycles. The monoisotopic (exact) mass is 143 g/mol. The summed E-state index contributed by atoms with van der Waals surface area (Å²) in [5, 5.41) is 0. The van der Waals surface area contributed by atoms with Crippen LogP contribution in [0.1, 0.15) is 13.3 Å². The predicted octanol–water partition coefficient (Wildman–Crippen LogP) is 2.23. The maximum atomic E-state index is 3.49. The van der Waals surface area contributed by atoms with Gasteiger partial charge in [0.15, 0.2) is 0 Å². The van der Waals surface area contributed by atoms with Crippen molar-refractivity contribution in [1.29, 1.82) is 0 Å². The van der Waals surface area contributed by atoms with Crippen molar-refractivity contribution in [2.24, 2.45) is 0 Å². The Morgan fingerprint density at radius 1 is 1.71 bits per heavy atom. The van der Waals surface area contributed by atoms with Gasteiger partial charge in [0.1, 0.15) is 0 Å². The van der Waals surface area contributed by atoms with Gasteiger partial charge in [-0.1, -0.05) is 6.92 Å². The SMILES string of the molecule is C=C[CH2-].[CH2-]CC.[Co+2]. The van der Waals surface area contributed by atoms with Crippen LogP contribution in [0.15, 0.2) is 12.7 Å². The molecule has 1 radical (unpaired) electrons. The Labute approximate surface area is 57.2 Å². The summed E-state index contributed by atoms with van der Waals surface area (Å²) in [4.78, 5) is 0. The minimum absolute atomic E-state index is 0. The van der Waals surface area contributed by atoms with E-state index < -0.39 is 0 Å². The van der Waals surface area contributed by atoms with Gasteiger partial charge in [-0.2, -0.15) is 6.42 Å². The first-order valence-electron chi connectivity index (χ1n) is 2.02. The van der Waals surface area contributed by atoms with Crippen LogP contribution in [0.3, 0.4) is 0 Å². The van der Waals surface area contributed by atoms with Crippen LogP contribution in [0.4, 0.5) is 0 Å². The van der Waals surface area contributed by atoms with Crippen LogP contribution in [-0.2, 0) is 16.8 Å². The van der Waals surface area contributed by atoms with Crippen molar-refractivity contribution in [2.75, 3.05) is 0 Å². The molecule has 0 spiro atoms. The van der Waals surface area contributed by atoms with Gasteiger partial charge in [0, 0.05) is 0 Å². The van der Waals surface area contributed by atoms with Crippen molar-refractivity contribution in [3.8, 4) is 0 Å². The summed E-state index contributed by atoms with van der Waals surface area (Å²) in [6.07, 6.45) is 2.50. The molecule has 0 aliphatic heterocycles. The Morgan fingerprint density at radius 2 is 1.71 bits per heavy atom. The molecule has 0 fully saturated rings. The normalized spacial score (nSPS) is 4.29. The first-order valence-corrected chi connectivity index (χ1v) is 2.02. The zero-order chi connectivity index (χ0) is 5.41. The molecule has 0 saturated heterocycles. The molecule has 0 aromatic heterocycles. The first kappa shape index (κ1) is 15.7. The molecule has 0 nitrogen and oxygen atoms in total. The predicted molar refractivity (Wildman–Crippen MR) is 31.2 cm³/mol. The molecular formula is C6H12Co. The minimum atomic E-state index is 0.